The molecule has 0 aliphatic carbocycles. The quantitative estimate of drug-likeness (QED) is 0.379. The lowest BCUT2D eigenvalue weighted by atomic mass is 10.5. The molecule has 0 radical (unpaired) electrons. The fraction of sp³-hybridized carbons (Fsp3) is 0. The molecular formula is C4BrClN2S2. The van der Waals surface area contributed by atoms with Crippen LogP contribution >= 0.6 is 49.3 Å². The van der Waals surface area contributed by atoms with Gasteiger partial charge in [0.1, 0.15) is 10.6 Å². The Bertz CT molecular complexity index is 254. The molecule has 2 nitrogen and oxygen atoms in total. The first-order valence-corrected chi connectivity index (χ1v) is 5.41. The van der Waals surface area contributed by atoms with E-state index in [2.05, 4.69) is 20.3 Å². The van der Waals surface area contributed by atoms with Gasteiger partial charge in [0.25, 0.3) is 0 Å². The summed E-state index contributed by atoms with van der Waals surface area (Å²) in [6, 6.07) is 1.93. The largest absolute Gasteiger partial charge is 0.192 e. The summed E-state index contributed by atoms with van der Waals surface area (Å²) in [5, 5.41) is 8.81. The monoisotopic (exact) mass is 254 g/mol. The van der Waals surface area contributed by atoms with E-state index in [0.717, 1.165) is 0 Å². The van der Waals surface area contributed by atoms with Crippen LogP contribution in [-0.4, -0.2) is 5.17 Å². The number of nitriles is 1. The molecule has 0 atom stereocenters. The molecule has 1 rings (SSSR count). The molecule has 10 heavy (non-hydrogen) atoms. The van der Waals surface area contributed by atoms with Crippen molar-refractivity contribution in [2.24, 2.45) is 4.40 Å². The second kappa shape index (κ2) is 3.67. The van der Waals surface area contributed by atoms with Gasteiger partial charge in [0.15, 0.2) is 5.17 Å². The van der Waals surface area contributed by atoms with Crippen molar-refractivity contribution < 1.29 is 0 Å². The third-order valence-electron chi connectivity index (χ3n) is 0.723. The minimum atomic E-state index is 0.392. The molecule has 0 aromatic carbocycles. The lowest BCUT2D eigenvalue weighted by molar-refractivity contribution is 1.53. The molecule has 1 heterocycles. The van der Waals surface area contributed by atoms with Gasteiger partial charge in [0.2, 0.25) is 0 Å². The van der Waals surface area contributed by atoms with E-state index in [-0.39, 0.29) is 0 Å². The Morgan fingerprint density at radius 1 is 1.80 bits per heavy atom. The van der Waals surface area contributed by atoms with Crippen molar-refractivity contribution in [3.8, 4) is 6.07 Å². The third-order valence-corrected chi connectivity index (χ3v) is 3.89. The zero-order chi connectivity index (χ0) is 7.56. The molecule has 0 saturated carbocycles. The van der Waals surface area contributed by atoms with Crippen molar-refractivity contribution in [2.45, 2.75) is 0 Å². The number of allylic oxidation sites excluding steroid dienone is 2. The fourth-order valence-corrected chi connectivity index (χ4v) is 3.39. The summed E-state index contributed by atoms with van der Waals surface area (Å²) in [4.78, 5) is 0.703. The average molecular weight is 256 g/mol. The number of nitrogens with zero attached hydrogens (tertiary/aromatic N) is 2. The first-order chi connectivity index (χ1) is 4.75. The normalized spacial score (nSPS) is 21.9. The topological polar surface area (TPSA) is 36.1 Å². The summed E-state index contributed by atoms with van der Waals surface area (Å²) in [5.74, 6) is 0. The van der Waals surface area contributed by atoms with Gasteiger partial charge >= 0.3 is 0 Å². The van der Waals surface area contributed by atoms with E-state index in [0.29, 0.717) is 14.6 Å². The van der Waals surface area contributed by atoms with Gasteiger partial charge in [-0.05, 0) is 26.7 Å². The zero-order valence-electron chi connectivity index (χ0n) is 4.47. The van der Waals surface area contributed by atoms with Crippen molar-refractivity contribution in [1.82, 2.24) is 0 Å². The third kappa shape index (κ3) is 1.70. The predicted octanol–water partition coefficient (Wildman–Crippen LogP) is 3.06. The highest BCUT2D eigenvalue weighted by molar-refractivity contribution is 9.12. The van der Waals surface area contributed by atoms with Crippen LogP contribution < -0.4 is 0 Å². The van der Waals surface area contributed by atoms with Crippen LogP contribution in [0, 0.1) is 11.3 Å². The Labute approximate surface area is 79.4 Å². The highest BCUT2D eigenvalue weighted by Gasteiger charge is 2.16. The molecule has 52 valence electrons. The minimum Gasteiger partial charge on any atom is -0.192 e. The van der Waals surface area contributed by atoms with Crippen LogP contribution in [-0.2, 0) is 0 Å². The maximum Gasteiger partial charge on any atom is 0.154 e. The molecule has 0 bridgehead atoms. The van der Waals surface area contributed by atoms with E-state index in [1.807, 2.05) is 6.07 Å². The van der Waals surface area contributed by atoms with Crippen molar-refractivity contribution >= 4 is 54.5 Å². The van der Waals surface area contributed by atoms with E-state index in [4.69, 9.17) is 16.9 Å². The summed E-state index contributed by atoms with van der Waals surface area (Å²) in [7, 11) is 2.64. The molecule has 0 saturated heterocycles. The molecule has 1 aliphatic rings. The van der Waals surface area contributed by atoms with Crippen molar-refractivity contribution in [3.63, 3.8) is 0 Å². The van der Waals surface area contributed by atoms with Crippen LogP contribution in [0.2, 0.25) is 0 Å². The van der Waals surface area contributed by atoms with Crippen LogP contribution in [0.25, 0.3) is 0 Å². The summed E-state index contributed by atoms with van der Waals surface area (Å²) < 4.78 is 4.25. The Balaban J connectivity index is 2.96. The number of hydrogen-bond donors (Lipinski definition) is 0. The molecule has 0 amide bonds. The molecule has 1 aliphatic heterocycles. The van der Waals surface area contributed by atoms with Gasteiger partial charge in [0.05, 0.1) is 15.9 Å². The van der Waals surface area contributed by atoms with Gasteiger partial charge in [-0.1, -0.05) is 11.6 Å². The van der Waals surface area contributed by atoms with Crippen LogP contribution in [0.5, 0.6) is 0 Å². The first-order valence-electron chi connectivity index (χ1n) is 2.13. The minimum absolute atomic E-state index is 0.392. The summed E-state index contributed by atoms with van der Waals surface area (Å²) >= 11 is 8.68. The van der Waals surface area contributed by atoms with Crippen molar-refractivity contribution in [1.29, 1.82) is 5.26 Å². The fourth-order valence-electron chi connectivity index (χ4n) is 0.342. The summed E-state index contributed by atoms with van der Waals surface area (Å²) in [5.41, 5.74) is 0. The smallest absolute Gasteiger partial charge is 0.154 e. The molecular weight excluding hydrogens is 256 g/mol. The van der Waals surface area contributed by atoms with E-state index in [9.17, 15) is 0 Å². The molecule has 0 aromatic heterocycles. The number of hydrogen-bond acceptors (Lipinski definition) is 4. The van der Waals surface area contributed by atoms with E-state index in [1.165, 1.54) is 21.8 Å². The molecule has 6 heteroatoms. The van der Waals surface area contributed by atoms with Gasteiger partial charge in [-0.15, -0.1) is 0 Å². The van der Waals surface area contributed by atoms with E-state index >= 15 is 0 Å². The van der Waals surface area contributed by atoms with Gasteiger partial charge in [-0.3, -0.25) is 0 Å². The lowest BCUT2D eigenvalue weighted by Crippen LogP contribution is -1.83. The van der Waals surface area contributed by atoms with Crippen LogP contribution in [0.3, 0.4) is 0 Å². The standard InChI is InChI=1S/C4BrClN2S2/c5-2(1-7)3-4(6)8-10-9-3/b3-2-. The zero-order valence-corrected chi connectivity index (χ0v) is 8.44. The first kappa shape index (κ1) is 8.47. The van der Waals surface area contributed by atoms with Gasteiger partial charge in [-0.25, -0.2) is 0 Å². The SMILES string of the molecule is N#C/C(Br)=C1/SSN=C1Cl. The summed E-state index contributed by atoms with van der Waals surface area (Å²) in [6.07, 6.45) is 0. The van der Waals surface area contributed by atoms with E-state index < -0.39 is 0 Å². The van der Waals surface area contributed by atoms with Crippen molar-refractivity contribution in [3.05, 3.63) is 9.39 Å². The molecule has 0 fully saturated rings. The highest BCUT2D eigenvalue weighted by Crippen LogP contribution is 2.42. The maximum absolute atomic E-state index is 8.42. The Hall–Kier alpha value is 0.370. The summed E-state index contributed by atoms with van der Waals surface area (Å²) in [6.45, 7) is 0. The Kier molecular flexibility index (Phi) is 3.11. The van der Waals surface area contributed by atoms with Crippen LogP contribution in [0.1, 0.15) is 0 Å². The average Bonchev–Trinajstić information content (AvgIpc) is 2.34. The second-order valence-electron chi connectivity index (χ2n) is 1.29. The number of halogens is 2. The second-order valence-corrected chi connectivity index (χ2v) is 4.30. The van der Waals surface area contributed by atoms with Gasteiger partial charge in [-0.2, -0.15) is 9.66 Å². The van der Waals surface area contributed by atoms with E-state index in [1.54, 1.807) is 0 Å². The van der Waals surface area contributed by atoms with Crippen LogP contribution in [0.4, 0.5) is 0 Å². The highest BCUT2D eigenvalue weighted by atomic mass is 79.9. The maximum atomic E-state index is 8.42. The Morgan fingerprint density at radius 2 is 2.50 bits per heavy atom. The van der Waals surface area contributed by atoms with Crippen LogP contribution in [0.15, 0.2) is 13.8 Å². The molecule has 0 aromatic rings. The molecule has 0 spiro atoms. The number of rotatable bonds is 0. The van der Waals surface area contributed by atoms with Crippen molar-refractivity contribution in [2.75, 3.05) is 0 Å². The molecule has 0 unspecified atom stereocenters. The predicted molar refractivity (Wildman–Crippen MR) is 50.0 cm³/mol. The lowest BCUT2D eigenvalue weighted by Gasteiger charge is -1.89. The van der Waals surface area contributed by atoms with Gasteiger partial charge < -0.3 is 0 Å². The van der Waals surface area contributed by atoms with Gasteiger partial charge in [0, 0.05) is 0 Å². The Morgan fingerprint density at radius 3 is 2.90 bits per heavy atom. The molecule has 0 N–H and O–H groups in total.